The fourth-order valence-electron chi connectivity index (χ4n) is 2.87. The van der Waals surface area contributed by atoms with Crippen LogP contribution in [0.4, 0.5) is 17.1 Å². The zero-order valence-corrected chi connectivity index (χ0v) is 18.1. The van der Waals surface area contributed by atoms with Crippen LogP contribution in [-0.4, -0.2) is 28.2 Å². The van der Waals surface area contributed by atoms with Gasteiger partial charge >= 0.3 is 0 Å². The summed E-state index contributed by atoms with van der Waals surface area (Å²) in [6.07, 6.45) is 1.54. The van der Waals surface area contributed by atoms with Gasteiger partial charge in [0, 0.05) is 24.4 Å². The third-order valence-electron chi connectivity index (χ3n) is 4.38. The van der Waals surface area contributed by atoms with Crippen molar-refractivity contribution >= 4 is 56.6 Å². The lowest BCUT2D eigenvalue weighted by Gasteiger charge is -2.04. The van der Waals surface area contributed by atoms with Crippen molar-refractivity contribution in [2.45, 2.75) is 9.24 Å². The number of hydrogen-bond acceptors (Lipinski definition) is 9. The zero-order chi connectivity index (χ0) is 22.7. The summed E-state index contributed by atoms with van der Waals surface area (Å²) in [5.41, 5.74) is 1.67. The van der Waals surface area contributed by atoms with Gasteiger partial charge in [-0.15, -0.1) is 11.3 Å². The van der Waals surface area contributed by atoms with E-state index in [0.717, 1.165) is 11.8 Å². The van der Waals surface area contributed by atoms with Gasteiger partial charge in [-0.05, 0) is 29.8 Å². The lowest BCUT2D eigenvalue weighted by atomic mass is 10.2. The Bertz CT molecular complexity index is 1370. The summed E-state index contributed by atoms with van der Waals surface area (Å²) in [5.74, 6) is 0.599. The van der Waals surface area contributed by atoms with Crippen molar-refractivity contribution in [2.75, 3.05) is 7.11 Å². The molecule has 0 bridgehead atoms. The summed E-state index contributed by atoms with van der Waals surface area (Å²) in [4.78, 5) is 30.9. The molecule has 0 aliphatic rings. The van der Waals surface area contributed by atoms with E-state index in [0.29, 0.717) is 36.5 Å². The van der Waals surface area contributed by atoms with Crippen molar-refractivity contribution in [1.82, 2.24) is 4.98 Å². The largest absolute Gasteiger partial charge is 0.494 e. The van der Waals surface area contributed by atoms with E-state index in [4.69, 9.17) is 4.74 Å². The van der Waals surface area contributed by atoms with Crippen LogP contribution >= 0.6 is 23.1 Å². The normalized spacial score (nSPS) is 11.2. The molecule has 3 aromatic carbocycles. The second-order valence-electron chi connectivity index (χ2n) is 6.41. The number of thiazole rings is 1. The first-order valence-electron chi connectivity index (χ1n) is 9.13. The highest BCUT2D eigenvalue weighted by atomic mass is 32.2. The fourth-order valence-corrected chi connectivity index (χ4v) is 5.01. The minimum atomic E-state index is -0.470. The highest BCUT2D eigenvalue weighted by molar-refractivity contribution is 8.01. The quantitative estimate of drug-likeness (QED) is 0.185. The van der Waals surface area contributed by atoms with Gasteiger partial charge in [-0.2, -0.15) is 0 Å². The number of benzene rings is 3. The summed E-state index contributed by atoms with van der Waals surface area (Å²) in [5, 5.41) is 22.6. The van der Waals surface area contributed by atoms with Gasteiger partial charge in [-0.25, -0.2) is 4.98 Å². The van der Waals surface area contributed by atoms with Crippen LogP contribution in [0.2, 0.25) is 0 Å². The van der Waals surface area contributed by atoms with E-state index in [2.05, 4.69) is 9.98 Å². The first-order valence-corrected chi connectivity index (χ1v) is 10.8. The molecular formula is C21H14N4O5S2. The maximum atomic E-state index is 11.7. The summed E-state index contributed by atoms with van der Waals surface area (Å²) in [6.45, 7) is 0. The number of fused-ring (bicyclic) bond motifs is 1. The van der Waals surface area contributed by atoms with Crippen LogP contribution in [0, 0.1) is 20.2 Å². The summed E-state index contributed by atoms with van der Waals surface area (Å²) < 4.78 is 6.46. The van der Waals surface area contributed by atoms with E-state index < -0.39 is 9.85 Å². The first-order chi connectivity index (χ1) is 15.4. The highest BCUT2D eigenvalue weighted by Gasteiger charge is 2.18. The Hall–Kier alpha value is -3.83. The van der Waals surface area contributed by atoms with Crippen molar-refractivity contribution in [1.29, 1.82) is 0 Å². The maximum Gasteiger partial charge on any atom is 0.283 e. The van der Waals surface area contributed by atoms with E-state index in [1.165, 1.54) is 35.8 Å². The van der Waals surface area contributed by atoms with Crippen LogP contribution in [0.1, 0.15) is 5.56 Å². The van der Waals surface area contributed by atoms with Crippen LogP contribution in [0.15, 0.2) is 74.9 Å². The number of rotatable bonds is 7. The summed E-state index contributed by atoms with van der Waals surface area (Å²) in [6, 6.07) is 16.4. The monoisotopic (exact) mass is 466 g/mol. The minimum Gasteiger partial charge on any atom is -0.494 e. The maximum absolute atomic E-state index is 11.7. The van der Waals surface area contributed by atoms with Gasteiger partial charge in [0.2, 0.25) is 0 Å². The Balaban J connectivity index is 1.62. The lowest BCUT2D eigenvalue weighted by Crippen LogP contribution is -1.93. The van der Waals surface area contributed by atoms with Crippen LogP contribution in [0.3, 0.4) is 0 Å². The van der Waals surface area contributed by atoms with Crippen molar-refractivity contribution < 1.29 is 14.6 Å². The number of ether oxygens (including phenoxy) is 1. The number of nitrogens with zero attached hydrogens (tertiary/aromatic N) is 4. The number of methoxy groups -OCH3 is 1. The number of nitro benzene ring substituents is 2. The topological polar surface area (TPSA) is 121 Å². The SMILES string of the molecule is COc1ccccc1N=Cc1ccc(Sc2nc3ccc([N+](=O)[O-])cc3s2)c([N+](=O)[O-])c1. The Morgan fingerprint density at radius 1 is 1.06 bits per heavy atom. The number of hydrogen-bond donors (Lipinski definition) is 0. The molecule has 1 aromatic heterocycles. The van der Waals surface area contributed by atoms with Crippen molar-refractivity contribution in [3.05, 3.63) is 86.5 Å². The van der Waals surface area contributed by atoms with Crippen molar-refractivity contribution in [3.8, 4) is 5.75 Å². The molecule has 0 N–H and O–H groups in total. The Labute approximate surface area is 189 Å². The average Bonchev–Trinajstić information content (AvgIpc) is 3.19. The highest BCUT2D eigenvalue weighted by Crippen LogP contribution is 2.39. The molecule has 0 radical (unpaired) electrons. The smallest absolute Gasteiger partial charge is 0.283 e. The molecule has 0 amide bonds. The van der Waals surface area contributed by atoms with E-state index in [1.807, 2.05) is 12.1 Å². The predicted molar refractivity (Wildman–Crippen MR) is 124 cm³/mol. The van der Waals surface area contributed by atoms with Crippen molar-refractivity contribution in [3.63, 3.8) is 0 Å². The van der Waals surface area contributed by atoms with Crippen molar-refractivity contribution in [2.24, 2.45) is 4.99 Å². The number of aliphatic imine (C=N–C) groups is 1. The van der Waals surface area contributed by atoms with Crippen LogP contribution in [-0.2, 0) is 0 Å². The average molecular weight is 467 g/mol. The Kier molecular flexibility index (Phi) is 6.10. The predicted octanol–water partition coefficient (Wildman–Crippen LogP) is 6.02. The molecule has 0 atom stereocenters. The Morgan fingerprint density at radius 3 is 2.62 bits per heavy atom. The van der Waals surface area contributed by atoms with E-state index in [1.54, 1.807) is 37.4 Å². The molecule has 0 saturated heterocycles. The van der Waals surface area contributed by atoms with Gasteiger partial charge in [0.1, 0.15) is 11.4 Å². The molecule has 160 valence electrons. The van der Waals surface area contributed by atoms with Gasteiger partial charge in [0.05, 0.1) is 32.1 Å². The molecule has 0 saturated carbocycles. The molecule has 1 heterocycles. The van der Waals surface area contributed by atoms with E-state index in [9.17, 15) is 20.2 Å². The van der Waals surface area contributed by atoms with Gasteiger partial charge in [0.25, 0.3) is 11.4 Å². The second kappa shape index (κ2) is 9.12. The van der Waals surface area contributed by atoms with E-state index >= 15 is 0 Å². The molecule has 0 unspecified atom stereocenters. The standard InChI is InChI=1S/C21H14N4O5S2/c1-30-18-5-3-2-4-15(18)22-12-13-6-9-19(17(10-13)25(28)29)31-21-23-16-8-7-14(24(26)27)11-20(16)32-21/h2-12H,1H3. The van der Waals surface area contributed by atoms with Gasteiger partial charge < -0.3 is 4.74 Å². The fraction of sp³-hybridized carbons (Fsp3) is 0.0476. The number of non-ortho nitro benzene ring substituents is 1. The molecule has 0 aliphatic heterocycles. The molecule has 4 rings (SSSR count). The lowest BCUT2D eigenvalue weighted by molar-refractivity contribution is -0.387. The molecule has 9 nitrogen and oxygen atoms in total. The van der Waals surface area contributed by atoms with E-state index in [-0.39, 0.29) is 11.4 Å². The molecular weight excluding hydrogens is 452 g/mol. The zero-order valence-electron chi connectivity index (χ0n) is 16.5. The third kappa shape index (κ3) is 4.58. The minimum absolute atomic E-state index is 0.0256. The first kappa shape index (κ1) is 21.4. The molecule has 32 heavy (non-hydrogen) atoms. The summed E-state index contributed by atoms with van der Waals surface area (Å²) in [7, 11) is 1.55. The van der Waals surface area contributed by atoms with Gasteiger partial charge in [-0.1, -0.05) is 30.0 Å². The molecule has 11 heteroatoms. The van der Waals surface area contributed by atoms with Gasteiger partial charge in [-0.3, -0.25) is 25.2 Å². The van der Waals surface area contributed by atoms with Gasteiger partial charge in [0.15, 0.2) is 4.34 Å². The van der Waals surface area contributed by atoms with Crippen LogP contribution in [0.5, 0.6) is 5.75 Å². The molecule has 0 aliphatic carbocycles. The third-order valence-corrected chi connectivity index (χ3v) is 6.52. The van der Waals surface area contributed by atoms with Crippen LogP contribution in [0.25, 0.3) is 10.2 Å². The number of aromatic nitrogens is 1. The molecule has 4 aromatic rings. The number of para-hydroxylation sites is 2. The van der Waals surface area contributed by atoms with Crippen LogP contribution < -0.4 is 4.74 Å². The molecule has 0 fully saturated rings. The second-order valence-corrected chi connectivity index (χ2v) is 8.73. The molecule has 0 spiro atoms. The number of nitro groups is 2. The Morgan fingerprint density at radius 2 is 1.88 bits per heavy atom. The summed E-state index contributed by atoms with van der Waals surface area (Å²) >= 11 is 2.39.